The summed E-state index contributed by atoms with van der Waals surface area (Å²) in [5.74, 6) is -0.744. The second kappa shape index (κ2) is 13.0. The van der Waals surface area contributed by atoms with Crippen molar-refractivity contribution in [2.75, 3.05) is 39.1 Å². The third kappa shape index (κ3) is 7.47. The van der Waals surface area contributed by atoms with Crippen molar-refractivity contribution in [1.82, 2.24) is 29.1 Å². The average molecular weight is 506 g/mol. The third-order valence-electron chi connectivity index (χ3n) is 4.15. The molecule has 17 heteroatoms. The summed E-state index contributed by atoms with van der Waals surface area (Å²) in [5, 5.41) is 4.64. The first-order valence-corrected chi connectivity index (χ1v) is 9.79. The van der Waals surface area contributed by atoms with Gasteiger partial charge in [0.15, 0.2) is 17.0 Å². The summed E-state index contributed by atoms with van der Waals surface area (Å²) in [5.41, 5.74) is 0.0907. The molecule has 0 bridgehead atoms. The highest BCUT2D eigenvalue weighted by Crippen LogP contribution is 2.17. The first kappa shape index (κ1) is 27.2. The molecule has 3 aromatic rings. The van der Waals surface area contributed by atoms with Gasteiger partial charge < -0.3 is 23.5 Å². The van der Waals surface area contributed by atoms with Gasteiger partial charge in [-0.2, -0.15) is 4.98 Å². The monoisotopic (exact) mass is 506 g/mol. The van der Waals surface area contributed by atoms with Gasteiger partial charge in [0.05, 0.1) is 34.8 Å². The molecule has 0 spiro atoms. The van der Waals surface area contributed by atoms with Crippen LogP contribution < -0.4 is 16.3 Å². The van der Waals surface area contributed by atoms with Gasteiger partial charge in [-0.15, -0.1) is 0 Å². The van der Waals surface area contributed by atoms with Crippen LogP contribution in [0.1, 0.15) is 0 Å². The van der Waals surface area contributed by atoms with Gasteiger partial charge in [0.1, 0.15) is 25.2 Å². The first-order chi connectivity index (χ1) is 17.2. The standard InChI is InChI=1S/C10H11N5O4.C9H11N3O5/c1-18-6(16)3-15-5-13-7-8(14-10(17)19-2)11-4-12-9(7)15;1-16-7(13)5-12-4-3-6(10-8(12)14)11-9(15)17-2/h4-5H,3H2,1-2H3,(H,11,12,14,17);3-4H,5H2,1-2H3,(H,10,11,14,15). The van der Waals surface area contributed by atoms with Crippen LogP contribution in [0.2, 0.25) is 0 Å². The van der Waals surface area contributed by atoms with Crippen molar-refractivity contribution in [1.29, 1.82) is 0 Å². The van der Waals surface area contributed by atoms with E-state index in [-0.39, 0.29) is 24.7 Å². The Morgan fingerprint density at radius 2 is 1.44 bits per heavy atom. The largest absolute Gasteiger partial charge is 0.468 e. The van der Waals surface area contributed by atoms with Gasteiger partial charge in [0, 0.05) is 6.20 Å². The maximum Gasteiger partial charge on any atom is 0.412 e. The molecule has 0 aliphatic heterocycles. The van der Waals surface area contributed by atoms with Crippen LogP contribution >= 0.6 is 0 Å². The van der Waals surface area contributed by atoms with Crippen LogP contribution in [0.5, 0.6) is 0 Å². The van der Waals surface area contributed by atoms with Crippen LogP contribution in [0.3, 0.4) is 0 Å². The Balaban J connectivity index is 0.000000255. The number of esters is 2. The molecular formula is C19H22N8O9. The molecule has 0 aliphatic carbocycles. The smallest absolute Gasteiger partial charge is 0.412 e. The van der Waals surface area contributed by atoms with Crippen molar-refractivity contribution in [3.8, 4) is 0 Å². The predicted molar refractivity (Wildman–Crippen MR) is 120 cm³/mol. The van der Waals surface area contributed by atoms with Crippen molar-refractivity contribution in [2.45, 2.75) is 13.1 Å². The summed E-state index contributed by atoms with van der Waals surface area (Å²) in [4.78, 5) is 71.1. The maximum atomic E-state index is 11.4. The molecule has 0 radical (unpaired) electrons. The Morgan fingerprint density at radius 3 is 2.03 bits per heavy atom. The molecule has 3 rings (SSSR count). The van der Waals surface area contributed by atoms with Crippen LogP contribution in [-0.4, -0.2) is 81.6 Å². The molecule has 2 N–H and O–H groups in total. The normalized spacial score (nSPS) is 9.89. The Labute approximate surface area is 202 Å². The zero-order valence-corrected chi connectivity index (χ0v) is 19.6. The molecule has 0 saturated carbocycles. The third-order valence-corrected chi connectivity index (χ3v) is 4.15. The fourth-order valence-electron chi connectivity index (χ4n) is 2.42. The van der Waals surface area contributed by atoms with E-state index in [1.54, 1.807) is 0 Å². The van der Waals surface area contributed by atoms with Crippen molar-refractivity contribution < 1.29 is 38.1 Å². The number of imidazole rings is 1. The highest BCUT2D eigenvalue weighted by molar-refractivity contribution is 5.93. The zero-order valence-electron chi connectivity index (χ0n) is 19.6. The zero-order chi connectivity index (χ0) is 26.7. The minimum absolute atomic E-state index is 0.0261. The molecule has 0 unspecified atom stereocenters. The van der Waals surface area contributed by atoms with Gasteiger partial charge in [-0.3, -0.25) is 24.8 Å². The summed E-state index contributed by atoms with van der Waals surface area (Å²) in [6, 6.07) is 1.36. The van der Waals surface area contributed by atoms with E-state index in [2.05, 4.69) is 49.5 Å². The molecule has 0 saturated heterocycles. The molecular weight excluding hydrogens is 484 g/mol. The number of nitrogens with zero attached hydrogens (tertiary/aromatic N) is 6. The lowest BCUT2D eigenvalue weighted by Gasteiger charge is -2.05. The topological polar surface area (TPSA) is 208 Å². The number of carbonyl (C=O) groups excluding carboxylic acids is 4. The number of nitrogens with one attached hydrogen (secondary N) is 2. The minimum atomic E-state index is -0.734. The molecule has 0 fully saturated rings. The average Bonchev–Trinajstić information content (AvgIpc) is 3.29. The number of fused-ring (bicyclic) bond motifs is 1. The van der Waals surface area contributed by atoms with E-state index >= 15 is 0 Å². The van der Waals surface area contributed by atoms with Crippen LogP contribution in [-0.2, 0) is 41.6 Å². The maximum absolute atomic E-state index is 11.4. The van der Waals surface area contributed by atoms with Crippen LogP contribution in [0.25, 0.3) is 11.2 Å². The molecule has 3 aromatic heterocycles. The number of aromatic nitrogens is 6. The number of hydrogen-bond acceptors (Lipinski definition) is 13. The lowest BCUT2D eigenvalue weighted by Crippen LogP contribution is -2.27. The molecule has 192 valence electrons. The Morgan fingerprint density at radius 1 is 0.833 bits per heavy atom. The second-order valence-corrected chi connectivity index (χ2v) is 6.38. The Hall–Kier alpha value is -5.09. The number of amides is 2. The molecule has 0 atom stereocenters. The van der Waals surface area contributed by atoms with Crippen LogP contribution in [0.4, 0.5) is 21.2 Å². The van der Waals surface area contributed by atoms with Crippen molar-refractivity contribution in [3.05, 3.63) is 35.4 Å². The van der Waals surface area contributed by atoms with E-state index < -0.39 is 29.8 Å². The van der Waals surface area contributed by atoms with E-state index in [1.165, 1.54) is 57.9 Å². The van der Waals surface area contributed by atoms with E-state index in [4.69, 9.17) is 0 Å². The van der Waals surface area contributed by atoms with E-state index in [0.717, 1.165) is 4.57 Å². The molecule has 2 amide bonds. The van der Waals surface area contributed by atoms with Gasteiger partial charge in [-0.05, 0) is 6.07 Å². The van der Waals surface area contributed by atoms with Gasteiger partial charge >= 0.3 is 29.8 Å². The lowest BCUT2D eigenvalue weighted by molar-refractivity contribution is -0.142. The fourth-order valence-corrected chi connectivity index (χ4v) is 2.42. The van der Waals surface area contributed by atoms with E-state index in [9.17, 15) is 24.0 Å². The van der Waals surface area contributed by atoms with Gasteiger partial charge in [0.2, 0.25) is 0 Å². The summed E-state index contributed by atoms with van der Waals surface area (Å²) >= 11 is 0. The predicted octanol–water partition coefficient (Wildman–Crippen LogP) is -0.228. The first-order valence-electron chi connectivity index (χ1n) is 9.79. The highest BCUT2D eigenvalue weighted by atomic mass is 16.5. The molecule has 3 heterocycles. The van der Waals surface area contributed by atoms with Gasteiger partial charge in [0.25, 0.3) is 0 Å². The summed E-state index contributed by atoms with van der Waals surface area (Å²) in [7, 11) is 4.94. The number of anilines is 2. The molecule has 17 nitrogen and oxygen atoms in total. The summed E-state index contributed by atoms with van der Waals surface area (Å²) < 4.78 is 20.3. The lowest BCUT2D eigenvalue weighted by atomic mass is 10.5. The highest BCUT2D eigenvalue weighted by Gasteiger charge is 2.14. The molecule has 0 aromatic carbocycles. The number of methoxy groups -OCH3 is 4. The number of hydrogen-bond donors (Lipinski definition) is 2. The van der Waals surface area contributed by atoms with Crippen molar-refractivity contribution in [3.63, 3.8) is 0 Å². The molecule has 36 heavy (non-hydrogen) atoms. The number of carbonyl (C=O) groups is 4. The Kier molecular flexibility index (Phi) is 9.78. The SMILES string of the molecule is COC(=O)Cn1ccc(NC(=O)OC)nc1=O.COC(=O)Cn1cnc2c(NC(=O)OC)ncnc21. The summed E-state index contributed by atoms with van der Waals surface area (Å²) in [6.45, 7) is -0.261. The van der Waals surface area contributed by atoms with Crippen molar-refractivity contribution in [2.24, 2.45) is 0 Å². The quantitative estimate of drug-likeness (QED) is 0.327. The fraction of sp³-hybridized carbons (Fsp3) is 0.316. The van der Waals surface area contributed by atoms with Crippen LogP contribution in [0.15, 0.2) is 29.7 Å². The van der Waals surface area contributed by atoms with E-state index in [0.29, 0.717) is 11.2 Å². The van der Waals surface area contributed by atoms with E-state index in [1.807, 2.05) is 0 Å². The number of rotatable bonds is 6. The van der Waals surface area contributed by atoms with Gasteiger partial charge in [-0.1, -0.05) is 0 Å². The summed E-state index contributed by atoms with van der Waals surface area (Å²) in [6.07, 6.45) is 2.59. The Bertz CT molecular complexity index is 1300. The second-order valence-electron chi connectivity index (χ2n) is 6.38. The van der Waals surface area contributed by atoms with Crippen LogP contribution in [0, 0.1) is 0 Å². The molecule has 0 aliphatic rings. The van der Waals surface area contributed by atoms with Gasteiger partial charge in [-0.25, -0.2) is 29.3 Å². The minimum Gasteiger partial charge on any atom is -0.468 e. The number of ether oxygens (including phenoxy) is 4. The van der Waals surface area contributed by atoms with Crippen molar-refractivity contribution >= 4 is 46.9 Å².